The minimum atomic E-state index is -0.896. The van der Waals surface area contributed by atoms with E-state index < -0.39 is 29.8 Å². The lowest BCUT2D eigenvalue weighted by Gasteiger charge is -2.20. The van der Waals surface area contributed by atoms with Gasteiger partial charge in [-0.15, -0.1) is 0 Å². The number of hydrogen-bond acceptors (Lipinski definition) is 4. The van der Waals surface area contributed by atoms with Crippen LogP contribution in [0.25, 0.3) is 0 Å². The zero-order chi connectivity index (χ0) is 19.8. The smallest absolute Gasteiger partial charge is 0.251 e. The van der Waals surface area contributed by atoms with Gasteiger partial charge in [-0.25, -0.2) is 0 Å². The molecule has 2 aromatic carbocycles. The summed E-state index contributed by atoms with van der Waals surface area (Å²) in [5, 5.41) is 5.17. The molecule has 0 bridgehead atoms. The molecule has 0 unspecified atom stereocenters. The minimum Gasteiger partial charge on any atom is -0.368 e. The number of aldehydes is 1. The van der Waals surface area contributed by atoms with Gasteiger partial charge in [0.1, 0.15) is 18.4 Å². The topological polar surface area (TPSA) is 118 Å². The second-order valence-corrected chi connectivity index (χ2v) is 6.09. The summed E-state index contributed by atoms with van der Waals surface area (Å²) >= 11 is 0. The Morgan fingerprint density at radius 2 is 1.63 bits per heavy atom. The lowest BCUT2D eigenvalue weighted by molar-refractivity contribution is -0.128. The van der Waals surface area contributed by atoms with Crippen molar-refractivity contribution < 1.29 is 19.2 Å². The number of carbonyl (C=O) groups excluding carboxylic acids is 4. The first kappa shape index (κ1) is 19.8. The van der Waals surface area contributed by atoms with Gasteiger partial charge in [0.15, 0.2) is 0 Å². The van der Waals surface area contributed by atoms with Crippen LogP contribution in [0.1, 0.15) is 33.2 Å². The Morgan fingerprint density at radius 1 is 1.00 bits per heavy atom. The fraction of sp³-hybridized carbons (Fsp3) is 0.200. The fourth-order valence-corrected chi connectivity index (χ4v) is 2.40. The van der Waals surface area contributed by atoms with Crippen molar-refractivity contribution in [2.75, 3.05) is 0 Å². The number of hydrogen-bond donors (Lipinski definition) is 3. The number of primary amides is 1. The van der Waals surface area contributed by atoms with Crippen molar-refractivity contribution in [3.8, 4) is 0 Å². The van der Waals surface area contributed by atoms with E-state index in [-0.39, 0.29) is 6.42 Å². The largest absolute Gasteiger partial charge is 0.368 e. The number of rotatable bonds is 8. The Kier molecular flexibility index (Phi) is 6.82. The van der Waals surface area contributed by atoms with Crippen molar-refractivity contribution in [2.24, 2.45) is 5.73 Å². The van der Waals surface area contributed by atoms with E-state index in [2.05, 4.69) is 10.6 Å². The average molecular weight is 367 g/mol. The standard InChI is InChI=1S/C20H21N3O4/c1-13(18(21)25)22-20(27)17(11-14-5-3-2-4-6-14)23-19(26)16-9-7-15(12-24)8-10-16/h2-10,12-13,17H,11H2,1H3,(H2,21,25)(H,22,27)(H,23,26)/t13-,17-/m0/s1. The molecule has 140 valence electrons. The third-order valence-corrected chi connectivity index (χ3v) is 4.00. The number of benzene rings is 2. The van der Waals surface area contributed by atoms with Crippen LogP contribution in [0.15, 0.2) is 54.6 Å². The van der Waals surface area contributed by atoms with E-state index in [0.717, 1.165) is 5.56 Å². The summed E-state index contributed by atoms with van der Waals surface area (Å²) < 4.78 is 0. The molecule has 0 heterocycles. The molecule has 0 spiro atoms. The predicted molar refractivity (Wildman–Crippen MR) is 100 cm³/mol. The number of nitrogens with two attached hydrogens (primary N) is 1. The summed E-state index contributed by atoms with van der Waals surface area (Å²) in [7, 11) is 0. The molecule has 0 aliphatic carbocycles. The molecule has 0 saturated heterocycles. The van der Waals surface area contributed by atoms with Crippen molar-refractivity contribution in [1.29, 1.82) is 0 Å². The first-order chi connectivity index (χ1) is 12.9. The van der Waals surface area contributed by atoms with E-state index >= 15 is 0 Å². The maximum Gasteiger partial charge on any atom is 0.251 e. The molecule has 27 heavy (non-hydrogen) atoms. The van der Waals surface area contributed by atoms with Gasteiger partial charge >= 0.3 is 0 Å². The molecule has 0 radical (unpaired) electrons. The minimum absolute atomic E-state index is 0.246. The van der Waals surface area contributed by atoms with Gasteiger partial charge in [0, 0.05) is 17.5 Å². The molecule has 2 atom stereocenters. The third-order valence-electron chi connectivity index (χ3n) is 4.00. The third kappa shape index (κ3) is 5.78. The van der Waals surface area contributed by atoms with Crippen molar-refractivity contribution in [3.63, 3.8) is 0 Å². The lowest BCUT2D eigenvalue weighted by atomic mass is 10.0. The summed E-state index contributed by atoms with van der Waals surface area (Å²) in [6, 6.07) is 13.5. The van der Waals surface area contributed by atoms with Crippen LogP contribution in [0.4, 0.5) is 0 Å². The molecule has 0 aliphatic rings. The molecule has 7 heteroatoms. The zero-order valence-electron chi connectivity index (χ0n) is 14.8. The average Bonchev–Trinajstić information content (AvgIpc) is 2.68. The number of carbonyl (C=O) groups is 4. The highest BCUT2D eigenvalue weighted by Gasteiger charge is 2.24. The van der Waals surface area contributed by atoms with E-state index in [1.54, 1.807) is 0 Å². The van der Waals surface area contributed by atoms with Crippen LogP contribution in [-0.2, 0) is 16.0 Å². The first-order valence-corrected chi connectivity index (χ1v) is 8.40. The SMILES string of the molecule is C[C@H](NC(=O)[C@H](Cc1ccccc1)NC(=O)c1ccc(C=O)cc1)C(N)=O. The molecule has 4 N–H and O–H groups in total. The monoisotopic (exact) mass is 367 g/mol. The molecule has 0 aliphatic heterocycles. The van der Waals surface area contributed by atoms with Crippen molar-refractivity contribution >= 4 is 24.0 Å². The highest BCUT2D eigenvalue weighted by atomic mass is 16.2. The Hall–Kier alpha value is -3.48. The summed E-state index contributed by atoms with van der Waals surface area (Å²) in [4.78, 5) is 47.0. The van der Waals surface area contributed by atoms with Gasteiger partial charge in [0.2, 0.25) is 11.8 Å². The lowest BCUT2D eigenvalue weighted by Crippen LogP contribution is -2.52. The van der Waals surface area contributed by atoms with Gasteiger partial charge in [-0.3, -0.25) is 19.2 Å². The van der Waals surface area contributed by atoms with Gasteiger partial charge in [0.25, 0.3) is 5.91 Å². The van der Waals surface area contributed by atoms with Gasteiger partial charge < -0.3 is 16.4 Å². The van der Waals surface area contributed by atoms with E-state index in [0.29, 0.717) is 17.4 Å². The maximum atomic E-state index is 12.5. The number of nitrogens with one attached hydrogen (secondary N) is 2. The zero-order valence-corrected chi connectivity index (χ0v) is 14.8. The van der Waals surface area contributed by atoms with Crippen LogP contribution in [0.3, 0.4) is 0 Å². The Labute approximate surface area is 156 Å². The van der Waals surface area contributed by atoms with E-state index in [9.17, 15) is 19.2 Å². The van der Waals surface area contributed by atoms with Crippen LogP contribution in [0.2, 0.25) is 0 Å². The van der Waals surface area contributed by atoms with Crippen molar-refractivity contribution in [2.45, 2.75) is 25.4 Å². The summed E-state index contributed by atoms with van der Waals surface area (Å²) in [5.74, 6) is -1.64. The highest BCUT2D eigenvalue weighted by Crippen LogP contribution is 2.07. The van der Waals surface area contributed by atoms with E-state index in [1.165, 1.54) is 31.2 Å². The van der Waals surface area contributed by atoms with Gasteiger partial charge in [-0.05, 0) is 24.6 Å². The van der Waals surface area contributed by atoms with Crippen LogP contribution < -0.4 is 16.4 Å². The van der Waals surface area contributed by atoms with Crippen LogP contribution >= 0.6 is 0 Å². The Bertz CT molecular complexity index is 819. The van der Waals surface area contributed by atoms with E-state index in [1.807, 2.05) is 30.3 Å². The van der Waals surface area contributed by atoms with Gasteiger partial charge in [-0.1, -0.05) is 42.5 Å². The summed E-state index contributed by atoms with van der Waals surface area (Å²) in [5.41, 5.74) is 6.79. The molecular formula is C20H21N3O4. The van der Waals surface area contributed by atoms with Crippen LogP contribution in [0.5, 0.6) is 0 Å². The Morgan fingerprint density at radius 3 is 2.19 bits per heavy atom. The summed E-state index contributed by atoms with van der Waals surface area (Å²) in [6.07, 6.45) is 0.925. The molecular weight excluding hydrogens is 346 g/mol. The van der Waals surface area contributed by atoms with Crippen molar-refractivity contribution in [3.05, 3.63) is 71.3 Å². The van der Waals surface area contributed by atoms with Gasteiger partial charge in [-0.2, -0.15) is 0 Å². The highest BCUT2D eigenvalue weighted by molar-refractivity contribution is 5.98. The molecule has 7 nitrogen and oxygen atoms in total. The second-order valence-electron chi connectivity index (χ2n) is 6.09. The Balaban J connectivity index is 2.16. The second kappa shape index (κ2) is 9.28. The fourth-order valence-electron chi connectivity index (χ4n) is 2.40. The number of amides is 3. The van der Waals surface area contributed by atoms with Gasteiger partial charge in [0.05, 0.1) is 0 Å². The summed E-state index contributed by atoms with van der Waals surface area (Å²) in [6.45, 7) is 1.47. The van der Waals surface area contributed by atoms with Crippen LogP contribution in [0, 0.1) is 0 Å². The van der Waals surface area contributed by atoms with Crippen molar-refractivity contribution in [1.82, 2.24) is 10.6 Å². The molecule has 2 aromatic rings. The molecule has 2 rings (SSSR count). The molecule has 3 amide bonds. The molecule has 0 fully saturated rings. The predicted octanol–water partition coefficient (Wildman–Crippen LogP) is 0.830. The normalized spacial score (nSPS) is 12.5. The molecule has 0 aromatic heterocycles. The first-order valence-electron chi connectivity index (χ1n) is 8.40. The van der Waals surface area contributed by atoms with Crippen LogP contribution in [-0.4, -0.2) is 36.1 Å². The molecule has 0 saturated carbocycles. The quantitative estimate of drug-likeness (QED) is 0.599. The van der Waals surface area contributed by atoms with E-state index in [4.69, 9.17) is 5.73 Å². The maximum absolute atomic E-state index is 12.5.